The van der Waals surface area contributed by atoms with E-state index in [2.05, 4.69) is 26.2 Å². The van der Waals surface area contributed by atoms with Crippen LogP contribution in [0, 0.1) is 0 Å². The van der Waals surface area contributed by atoms with E-state index in [1.807, 2.05) is 42.5 Å². The standard InChI is InChI=1S/C25H30N4O4/c1-3-33-25(31)24-23(18-8-4-5-9-19(18)26-24)27-22(30)12-13-28-14-16-29(17-15-28)20-10-6-7-11-21(20)32-2/h4-11,26H,3,12-17H2,1-2H3,(H,27,30). The number of carbonyl (C=O) groups excluding carboxylic acids is 2. The van der Waals surface area contributed by atoms with Crippen LogP contribution in [-0.4, -0.2) is 68.2 Å². The lowest BCUT2D eigenvalue weighted by Gasteiger charge is -2.36. The quantitative estimate of drug-likeness (QED) is 0.511. The SMILES string of the molecule is CCOC(=O)c1[nH]c2ccccc2c1NC(=O)CCN1CCN(c2ccccc2OC)CC1. The van der Waals surface area contributed by atoms with Crippen molar-refractivity contribution in [1.82, 2.24) is 9.88 Å². The maximum absolute atomic E-state index is 12.8. The number of ether oxygens (including phenoxy) is 2. The van der Waals surface area contributed by atoms with E-state index >= 15 is 0 Å². The van der Waals surface area contributed by atoms with Crippen molar-refractivity contribution >= 4 is 34.2 Å². The van der Waals surface area contributed by atoms with Gasteiger partial charge in [0.25, 0.3) is 0 Å². The molecule has 0 atom stereocenters. The molecule has 2 aromatic carbocycles. The molecule has 33 heavy (non-hydrogen) atoms. The minimum Gasteiger partial charge on any atom is -0.495 e. The lowest BCUT2D eigenvalue weighted by Crippen LogP contribution is -2.47. The molecule has 1 saturated heterocycles. The normalized spacial score (nSPS) is 14.3. The van der Waals surface area contributed by atoms with Crippen LogP contribution in [0.25, 0.3) is 10.9 Å². The van der Waals surface area contributed by atoms with Crippen molar-refractivity contribution in [1.29, 1.82) is 0 Å². The lowest BCUT2D eigenvalue weighted by molar-refractivity contribution is -0.116. The first kappa shape index (κ1) is 22.7. The minimum atomic E-state index is -0.475. The van der Waals surface area contributed by atoms with Crippen LogP contribution >= 0.6 is 0 Å². The van der Waals surface area contributed by atoms with Gasteiger partial charge in [-0.1, -0.05) is 30.3 Å². The van der Waals surface area contributed by atoms with Crippen molar-refractivity contribution in [3.05, 3.63) is 54.2 Å². The second kappa shape index (κ2) is 10.4. The summed E-state index contributed by atoms with van der Waals surface area (Å²) in [7, 11) is 1.69. The molecule has 1 aromatic heterocycles. The van der Waals surface area contributed by atoms with Gasteiger partial charge in [0.1, 0.15) is 11.4 Å². The first-order chi connectivity index (χ1) is 16.1. The number of amides is 1. The van der Waals surface area contributed by atoms with Crippen molar-refractivity contribution in [3.63, 3.8) is 0 Å². The molecule has 8 nitrogen and oxygen atoms in total. The average molecular weight is 451 g/mol. The van der Waals surface area contributed by atoms with Gasteiger partial charge in [-0.05, 0) is 25.1 Å². The molecule has 4 rings (SSSR count). The molecule has 1 aliphatic heterocycles. The number of nitrogens with zero attached hydrogens (tertiary/aromatic N) is 2. The number of piperazine rings is 1. The Kier molecular flexibility index (Phi) is 7.14. The smallest absolute Gasteiger partial charge is 0.356 e. The van der Waals surface area contributed by atoms with E-state index in [1.165, 1.54) is 0 Å². The Bertz CT molecular complexity index is 1120. The van der Waals surface area contributed by atoms with E-state index in [4.69, 9.17) is 9.47 Å². The van der Waals surface area contributed by atoms with Gasteiger partial charge in [0.15, 0.2) is 0 Å². The molecule has 0 saturated carbocycles. The second-order valence-electron chi connectivity index (χ2n) is 7.94. The molecule has 0 radical (unpaired) electrons. The van der Waals surface area contributed by atoms with Crippen LogP contribution in [0.3, 0.4) is 0 Å². The number of rotatable bonds is 8. The summed E-state index contributed by atoms with van der Waals surface area (Å²) in [5.74, 6) is 0.274. The van der Waals surface area contributed by atoms with Crippen LogP contribution in [0.15, 0.2) is 48.5 Å². The maximum atomic E-state index is 12.8. The molecule has 174 valence electrons. The summed E-state index contributed by atoms with van der Waals surface area (Å²) >= 11 is 0. The number of fused-ring (bicyclic) bond motifs is 1. The monoisotopic (exact) mass is 450 g/mol. The van der Waals surface area contributed by atoms with Crippen LogP contribution in [0.2, 0.25) is 0 Å². The predicted molar refractivity (Wildman–Crippen MR) is 129 cm³/mol. The largest absolute Gasteiger partial charge is 0.495 e. The van der Waals surface area contributed by atoms with Gasteiger partial charge in [0.05, 0.1) is 25.1 Å². The summed E-state index contributed by atoms with van der Waals surface area (Å²) < 4.78 is 10.6. The molecular formula is C25H30N4O4. The molecule has 1 aliphatic rings. The highest BCUT2D eigenvalue weighted by molar-refractivity contribution is 6.10. The maximum Gasteiger partial charge on any atom is 0.356 e. The number of hydrogen-bond acceptors (Lipinski definition) is 6. The zero-order valence-corrected chi connectivity index (χ0v) is 19.1. The number of hydrogen-bond donors (Lipinski definition) is 2. The van der Waals surface area contributed by atoms with Crippen molar-refractivity contribution in [2.75, 3.05) is 56.7 Å². The predicted octanol–water partition coefficient (Wildman–Crippen LogP) is 3.50. The van der Waals surface area contributed by atoms with E-state index in [1.54, 1.807) is 14.0 Å². The molecule has 1 amide bonds. The highest BCUT2D eigenvalue weighted by Gasteiger charge is 2.22. The Morgan fingerprint density at radius 3 is 2.52 bits per heavy atom. The first-order valence-corrected chi connectivity index (χ1v) is 11.3. The summed E-state index contributed by atoms with van der Waals surface area (Å²) in [4.78, 5) is 32.8. The molecule has 2 heterocycles. The number of esters is 1. The molecule has 0 spiro atoms. The second-order valence-corrected chi connectivity index (χ2v) is 7.94. The Morgan fingerprint density at radius 1 is 1.03 bits per heavy atom. The molecule has 0 aliphatic carbocycles. The topological polar surface area (TPSA) is 86.9 Å². The van der Waals surface area contributed by atoms with E-state index in [9.17, 15) is 9.59 Å². The Morgan fingerprint density at radius 2 is 1.76 bits per heavy atom. The number of para-hydroxylation sites is 3. The molecule has 2 N–H and O–H groups in total. The van der Waals surface area contributed by atoms with Crippen LogP contribution in [0.4, 0.5) is 11.4 Å². The highest BCUT2D eigenvalue weighted by atomic mass is 16.5. The van der Waals surface area contributed by atoms with Crippen LogP contribution < -0.4 is 15.0 Å². The summed E-state index contributed by atoms with van der Waals surface area (Å²) in [5.41, 5.74) is 2.64. The van der Waals surface area contributed by atoms with E-state index in [-0.39, 0.29) is 18.2 Å². The van der Waals surface area contributed by atoms with Crippen LogP contribution in [0.5, 0.6) is 5.75 Å². The van der Waals surface area contributed by atoms with Gasteiger partial charge in [0, 0.05) is 50.0 Å². The average Bonchev–Trinajstić information content (AvgIpc) is 3.21. The third-order valence-corrected chi connectivity index (χ3v) is 5.90. The number of aromatic nitrogens is 1. The minimum absolute atomic E-state index is 0.127. The van der Waals surface area contributed by atoms with Crippen molar-refractivity contribution in [2.24, 2.45) is 0 Å². The number of aromatic amines is 1. The molecule has 1 fully saturated rings. The number of carbonyl (C=O) groups is 2. The summed E-state index contributed by atoms with van der Waals surface area (Å²) in [6.07, 6.45) is 0.344. The number of benzene rings is 2. The molecule has 0 unspecified atom stereocenters. The fourth-order valence-electron chi connectivity index (χ4n) is 4.19. The van der Waals surface area contributed by atoms with Gasteiger partial charge < -0.3 is 24.7 Å². The number of methoxy groups -OCH3 is 1. The number of H-pyrrole nitrogens is 1. The van der Waals surface area contributed by atoms with Crippen molar-refractivity contribution < 1.29 is 19.1 Å². The fourth-order valence-corrected chi connectivity index (χ4v) is 4.19. The Hall–Kier alpha value is -3.52. The van der Waals surface area contributed by atoms with Gasteiger partial charge in [0.2, 0.25) is 5.91 Å². The zero-order chi connectivity index (χ0) is 23.2. The molecule has 0 bridgehead atoms. The zero-order valence-electron chi connectivity index (χ0n) is 19.1. The van der Waals surface area contributed by atoms with Gasteiger partial charge >= 0.3 is 5.97 Å². The summed E-state index contributed by atoms with van der Waals surface area (Å²) in [6, 6.07) is 15.5. The third-order valence-electron chi connectivity index (χ3n) is 5.90. The molecule has 8 heteroatoms. The van der Waals surface area contributed by atoms with Gasteiger partial charge in [-0.3, -0.25) is 9.69 Å². The Labute approximate surface area is 193 Å². The lowest BCUT2D eigenvalue weighted by atomic mass is 10.2. The van der Waals surface area contributed by atoms with Crippen LogP contribution in [0.1, 0.15) is 23.8 Å². The number of anilines is 2. The van der Waals surface area contributed by atoms with Crippen molar-refractivity contribution in [3.8, 4) is 5.75 Å². The van der Waals surface area contributed by atoms with Gasteiger partial charge in [-0.25, -0.2) is 4.79 Å². The number of nitrogens with one attached hydrogen (secondary N) is 2. The highest BCUT2D eigenvalue weighted by Crippen LogP contribution is 2.29. The fraction of sp³-hybridized carbons (Fsp3) is 0.360. The Balaban J connectivity index is 1.35. The van der Waals surface area contributed by atoms with E-state index in [0.29, 0.717) is 18.7 Å². The van der Waals surface area contributed by atoms with E-state index in [0.717, 1.165) is 48.5 Å². The molecular weight excluding hydrogens is 420 g/mol. The molecule has 3 aromatic rings. The van der Waals surface area contributed by atoms with Gasteiger partial charge in [-0.15, -0.1) is 0 Å². The summed E-state index contributed by atoms with van der Waals surface area (Å²) in [5, 5.41) is 3.73. The van der Waals surface area contributed by atoms with E-state index < -0.39 is 5.97 Å². The van der Waals surface area contributed by atoms with Crippen molar-refractivity contribution in [2.45, 2.75) is 13.3 Å². The third kappa shape index (κ3) is 5.12. The first-order valence-electron chi connectivity index (χ1n) is 11.3. The van der Waals surface area contributed by atoms with Crippen LogP contribution in [-0.2, 0) is 9.53 Å². The van der Waals surface area contributed by atoms with Gasteiger partial charge in [-0.2, -0.15) is 0 Å². The summed E-state index contributed by atoms with van der Waals surface area (Å²) in [6.45, 7) is 6.16.